The van der Waals surface area contributed by atoms with E-state index in [4.69, 9.17) is 9.47 Å². The van der Waals surface area contributed by atoms with E-state index in [-0.39, 0.29) is 6.04 Å². The summed E-state index contributed by atoms with van der Waals surface area (Å²) < 4.78 is 16.0. The maximum Gasteiger partial charge on any atom is 0.580 e. The van der Waals surface area contributed by atoms with Crippen molar-refractivity contribution in [1.29, 1.82) is 0 Å². The number of nitrogens with zero attached hydrogens (tertiary/aromatic N) is 2. The van der Waals surface area contributed by atoms with E-state index in [9.17, 15) is 0 Å². The molecule has 3 heterocycles. The van der Waals surface area contributed by atoms with Gasteiger partial charge in [0.15, 0.2) is 6.21 Å². The van der Waals surface area contributed by atoms with Crippen molar-refractivity contribution in [1.82, 2.24) is 0 Å². The smallest absolute Gasteiger partial charge is 0.384 e. The normalized spacial score (nSPS) is 27.0. The topological polar surface area (TPSA) is 24.7 Å². The van der Waals surface area contributed by atoms with Gasteiger partial charge in [0.1, 0.15) is 11.5 Å². The molecule has 2 unspecified atom stereocenters. The van der Waals surface area contributed by atoms with Crippen molar-refractivity contribution in [3.63, 3.8) is 0 Å². The van der Waals surface area contributed by atoms with Gasteiger partial charge in [-0.25, -0.2) is 4.90 Å². The van der Waals surface area contributed by atoms with Gasteiger partial charge in [-0.05, 0) is 37.1 Å². The summed E-state index contributed by atoms with van der Waals surface area (Å²) in [6.45, 7) is 0. The molecule has 0 N–H and O–H groups in total. The number of hydrogen-bond donors (Lipinski definition) is 0. The standard InChI is InChI=1S/C28H23N2O2/c1-3-12-22(13-4-1)29-19-21-11-9-10-20-18-25-24-16-7-8-17-26(24)31-28(29,32-27(20)21)30(25)23-14-5-2-6-15-23/h1-9,11-17,19-20,25H,10,18H2/q+1/t20?,25?,28-/m1/s1. The Morgan fingerprint density at radius 1 is 0.844 bits per heavy atom. The molecule has 32 heavy (non-hydrogen) atoms. The van der Waals surface area contributed by atoms with Gasteiger partial charge >= 0.3 is 6.03 Å². The number of anilines is 1. The number of hydrogen-bond acceptors (Lipinski definition) is 3. The number of ether oxygens (including phenoxy) is 2. The van der Waals surface area contributed by atoms with Crippen molar-refractivity contribution < 1.29 is 14.0 Å². The Labute approximate surface area is 187 Å². The first-order valence-corrected chi connectivity index (χ1v) is 11.2. The van der Waals surface area contributed by atoms with Crippen molar-refractivity contribution in [3.05, 3.63) is 114 Å². The first-order valence-electron chi connectivity index (χ1n) is 11.2. The molecule has 0 amide bonds. The largest absolute Gasteiger partial charge is 0.580 e. The quantitative estimate of drug-likeness (QED) is 0.482. The average Bonchev–Trinajstić information content (AvgIpc) is 2.95. The minimum Gasteiger partial charge on any atom is -0.384 e. The molecule has 0 aromatic heterocycles. The fraction of sp³-hybridized carbons (Fsp3) is 0.179. The predicted molar refractivity (Wildman–Crippen MR) is 124 cm³/mol. The molecular formula is C28H23N2O2+. The Morgan fingerprint density at radius 3 is 2.44 bits per heavy atom. The van der Waals surface area contributed by atoms with E-state index in [2.05, 4.69) is 101 Å². The molecule has 4 heteroatoms. The molecule has 1 aliphatic carbocycles. The fourth-order valence-electron chi connectivity index (χ4n) is 5.52. The van der Waals surface area contributed by atoms with E-state index >= 15 is 0 Å². The lowest BCUT2D eigenvalue weighted by Crippen LogP contribution is -2.65. The number of rotatable bonds is 2. The molecule has 3 aromatic rings. The first-order chi connectivity index (χ1) is 15.8. The number of allylic oxidation sites excluding steroid dienone is 4. The molecule has 3 atom stereocenters. The Kier molecular flexibility index (Phi) is 3.68. The highest BCUT2D eigenvalue weighted by Crippen LogP contribution is 2.54. The van der Waals surface area contributed by atoms with Crippen LogP contribution in [0.4, 0.5) is 11.4 Å². The minimum absolute atomic E-state index is 0.121. The molecule has 4 aliphatic rings. The van der Waals surface area contributed by atoms with E-state index in [1.54, 1.807) is 0 Å². The highest BCUT2D eigenvalue weighted by molar-refractivity contribution is 5.82. The summed E-state index contributed by atoms with van der Waals surface area (Å²) in [5, 5.41) is 0. The summed E-state index contributed by atoms with van der Waals surface area (Å²) in [5.41, 5.74) is 4.44. The van der Waals surface area contributed by atoms with Crippen molar-refractivity contribution in [2.75, 3.05) is 4.90 Å². The van der Waals surface area contributed by atoms with Crippen LogP contribution in [0.15, 0.2) is 108 Å². The summed E-state index contributed by atoms with van der Waals surface area (Å²) in [6.07, 6.45) is 8.61. The molecule has 1 saturated heterocycles. The molecule has 3 aliphatic heterocycles. The van der Waals surface area contributed by atoms with Gasteiger partial charge in [0, 0.05) is 23.6 Å². The van der Waals surface area contributed by atoms with Crippen LogP contribution in [0.2, 0.25) is 0 Å². The molecule has 3 aromatic carbocycles. The van der Waals surface area contributed by atoms with Crippen molar-refractivity contribution >= 4 is 17.6 Å². The van der Waals surface area contributed by atoms with Crippen LogP contribution >= 0.6 is 0 Å². The van der Waals surface area contributed by atoms with E-state index in [1.165, 1.54) is 5.56 Å². The summed E-state index contributed by atoms with van der Waals surface area (Å²) >= 11 is 0. The highest BCUT2D eigenvalue weighted by Gasteiger charge is 2.65. The van der Waals surface area contributed by atoms with Gasteiger partial charge < -0.3 is 9.47 Å². The van der Waals surface area contributed by atoms with E-state index < -0.39 is 6.03 Å². The third-order valence-electron chi connectivity index (χ3n) is 6.90. The average molecular weight is 420 g/mol. The number of benzene rings is 3. The summed E-state index contributed by atoms with van der Waals surface area (Å²) in [4.78, 5) is 2.33. The lowest BCUT2D eigenvalue weighted by Gasteiger charge is -2.45. The maximum absolute atomic E-state index is 6.99. The van der Waals surface area contributed by atoms with Crippen LogP contribution in [0.5, 0.6) is 5.75 Å². The molecule has 1 spiro atoms. The molecule has 4 nitrogen and oxygen atoms in total. The summed E-state index contributed by atoms with van der Waals surface area (Å²) in [5.74, 6) is 2.24. The fourth-order valence-corrected chi connectivity index (χ4v) is 5.52. The second kappa shape index (κ2) is 6.60. The molecule has 7 rings (SSSR count). The Hall–Kier alpha value is -3.79. The molecule has 0 saturated carbocycles. The van der Waals surface area contributed by atoms with Crippen LogP contribution in [-0.2, 0) is 4.74 Å². The third-order valence-corrected chi connectivity index (χ3v) is 6.90. The van der Waals surface area contributed by atoms with Crippen molar-refractivity contribution in [2.45, 2.75) is 24.9 Å². The zero-order valence-electron chi connectivity index (χ0n) is 17.6. The van der Waals surface area contributed by atoms with Crippen LogP contribution in [0.25, 0.3) is 0 Å². The zero-order chi connectivity index (χ0) is 21.1. The Bertz CT molecular complexity index is 1300. The predicted octanol–water partition coefficient (Wildman–Crippen LogP) is 5.92. The van der Waals surface area contributed by atoms with Gasteiger partial charge in [0.2, 0.25) is 5.69 Å². The van der Waals surface area contributed by atoms with Crippen LogP contribution in [0.1, 0.15) is 24.4 Å². The Morgan fingerprint density at radius 2 is 1.59 bits per heavy atom. The van der Waals surface area contributed by atoms with Gasteiger partial charge in [0.05, 0.1) is 17.3 Å². The number of fused-ring (bicyclic) bond motifs is 3. The maximum atomic E-state index is 6.99. The van der Waals surface area contributed by atoms with E-state index in [0.717, 1.165) is 41.3 Å². The van der Waals surface area contributed by atoms with Gasteiger partial charge in [-0.3, -0.25) is 0 Å². The lowest BCUT2D eigenvalue weighted by atomic mass is 9.86. The van der Waals surface area contributed by atoms with Crippen LogP contribution < -0.4 is 9.64 Å². The zero-order valence-corrected chi connectivity index (χ0v) is 17.6. The van der Waals surface area contributed by atoms with Crippen LogP contribution in [0.3, 0.4) is 0 Å². The summed E-state index contributed by atoms with van der Waals surface area (Å²) in [7, 11) is 0. The van der Waals surface area contributed by atoms with Crippen molar-refractivity contribution in [2.24, 2.45) is 5.92 Å². The van der Waals surface area contributed by atoms with Gasteiger partial charge in [-0.1, -0.05) is 65.2 Å². The molecule has 3 bridgehead atoms. The Balaban J connectivity index is 1.56. The van der Waals surface area contributed by atoms with Gasteiger partial charge in [0.25, 0.3) is 0 Å². The van der Waals surface area contributed by atoms with E-state index in [1.807, 2.05) is 12.1 Å². The van der Waals surface area contributed by atoms with Gasteiger partial charge in [-0.2, -0.15) is 0 Å². The summed E-state index contributed by atoms with van der Waals surface area (Å²) in [6, 6.07) is 28.3. The third kappa shape index (κ3) is 2.41. The molecule has 156 valence electrons. The minimum atomic E-state index is -1.14. The van der Waals surface area contributed by atoms with E-state index in [0.29, 0.717) is 5.92 Å². The van der Waals surface area contributed by atoms with Crippen LogP contribution in [0, 0.1) is 5.92 Å². The van der Waals surface area contributed by atoms with Crippen molar-refractivity contribution in [3.8, 4) is 5.75 Å². The second-order valence-corrected chi connectivity index (χ2v) is 8.74. The molecule has 0 radical (unpaired) electrons. The molecular weight excluding hydrogens is 396 g/mol. The van der Waals surface area contributed by atoms with Gasteiger partial charge in [-0.15, -0.1) is 0 Å². The second-order valence-electron chi connectivity index (χ2n) is 8.74. The molecule has 1 fully saturated rings. The number of para-hydroxylation sites is 3. The monoisotopic (exact) mass is 419 g/mol. The van der Waals surface area contributed by atoms with Crippen LogP contribution in [-0.4, -0.2) is 16.8 Å². The SMILES string of the molecule is C1=CC2=C3O[C@]4(Oc5ccccc5C(CC3C1)N4c1ccccc1)[N+](c1ccccc1)=C2. The highest BCUT2D eigenvalue weighted by atomic mass is 16.7. The lowest BCUT2D eigenvalue weighted by molar-refractivity contribution is -0.648. The first kappa shape index (κ1) is 17.8.